The van der Waals surface area contributed by atoms with Crippen LogP contribution in [0.15, 0.2) is 48.5 Å². The first-order valence-electron chi connectivity index (χ1n) is 6.35. The van der Waals surface area contributed by atoms with Gasteiger partial charge in [-0.05, 0) is 30.3 Å². The maximum Gasteiger partial charge on any atom is 0.245 e. The number of hydrogen-bond donors (Lipinski definition) is 2. The quantitative estimate of drug-likeness (QED) is 0.764. The van der Waals surface area contributed by atoms with Crippen LogP contribution in [0, 0.1) is 0 Å². The van der Waals surface area contributed by atoms with E-state index in [1.54, 1.807) is 6.07 Å². The van der Waals surface area contributed by atoms with E-state index in [0.29, 0.717) is 10.2 Å². The Hall–Kier alpha value is -2.11. The summed E-state index contributed by atoms with van der Waals surface area (Å²) >= 11 is 7.34. The minimum absolute atomic E-state index is 0.135. The fourth-order valence-electron chi connectivity index (χ4n) is 1.85. The number of hydrogen-bond acceptors (Lipinski definition) is 4. The molecule has 1 aromatic heterocycles. The van der Waals surface area contributed by atoms with Crippen molar-refractivity contribution < 1.29 is 4.79 Å². The van der Waals surface area contributed by atoms with Crippen LogP contribution in [0.4, 0.5) is 10.8 Å². The van der Waals surface area contributed by atoms with Crippen LogP contribution >= 0.6 is 22.9 Å². The minimum atomic E-state index is -0.135. The van der Waals surface area contributed by atoms with E-state index in [9.17, 15) is 4.79 Å². The maximum atomic E-state index is 11.9. The van der Waals surface area contributed by atoms with E-state index >= 15 is 0 Å². The van der Waals surface area contributed by atoms with Crippen LogP contribution in [0.1, 0.15) is 0 Å². The first-order valence-corrected chi connectivity index (χ1v) is 7.55. The Morgan fingerprint density at radius 3 is 2.81 bits per heavy atom. The number of aromatic nitrogens is 1. The lowest BCUT2D eigenvalue weighted by molar-refractivity contribution is -0.114. The molecule has 0 atom stereocenters. The number of carbonyl (C=O) groups excluding carboxylic acids is 1. The molecule has 0 saturated heterocycles. The summed E-state index contributed by atoms with van der Waals surface area (Å²) in [5.74, 6) is -0.135. The van der Waals surface area contributed by atoms with Crippen LogP contribution in [0.2, 0.25) is 5.02 Å². The van der Waals surface area contributed by atoms with Gasteiger partial charge in [0.25, 0.3) is 0 Å². The zero-order chi connectivity index (χ0) is 14.7. The molecule has 1 heterocycles. The van der Waals surface area contributed by atoms with Gasteiger partial charge in [-0.2, -0.15) is 0 Å². The molecule has 0 saturated carbocycles. The van der Waals surface area contributed by atoms with Crippen molar-refractivity contribution in [2.24, 2.45) is 0 Å². The molecule has 0 unspecified atom stereocenters. The highest BCUT2D eigenvalue weighted by molar-refractivity contribution is 7.22. The molecule has 0 aliphatic rings. The van der Waals surface area contributed by atoms with Gasteiger partial charge in [0, 0.05) is 10.7 Å². The third kappa shape index (κ3) is 3.51. The van der Waals surface area contributed by atoms with Gasteiger partial charge in [0.1, 0.15) is 0 Å². The summed E-state index contributed by atoms with van der Waals surface area (Å²) in [5, 5.41) is 7.07. The third-order valence-electron chi connectivity index (χ3n) is 2.82. The number of halogens is 1. The van der Waals surface area contributed by atoms with Gasteiger partial charge in [-0.25, -0.2) is 4.98 Å². The minimum Gasteiger partial charge on any atom is -0.376 e. The molecule has 0 aliphatic heterocycles. The van der Waals surface area contributed by atoms with Crippen molar-refractivity contribution in [3.8, 4) is 0 Å². The molecule has 3 aromatic rings. The number of thiazole rings is 1. The SMILES string of the molecule is O=C(CNc1ccccc1)Nc1nc2ccc(Cl)cc2s1. The zero-order valence-electron chi connectivity index (χ0n) is 11.0. The Morgan fingerprint density at radius 1 is 1.19 bits per heavy atom. The van der Waals surface area contributed by atoms with E-state index in [-0.39, 0.29) is 12.5 Å². The molecule has 106 valence electrons. The summed E-state index contributed by atoms with van der Waals surface area (Å²) in [6.07, 6.45) is 0. The Balaban J connectivity index is 1.63. The monoisotopic (exact) mass is 317 g/mol. The van der Waals surface area contributed by atoms with Gasteiger partial charge in [-0.15, -0.1) is 0 Å². The van der Waals surface area contributed by atoms with Gasteiger partial charge in [-0.3, -0.25) is 4.79 Å². The molecule has 2 N–H and O–H groups in total. The van der Waals surface area contributed by atoms with Crippen molar-refractivity contribution >= 4 is 49.9 Å². The number of para-hydroxylation sites is 1. The van der Waals surface area contributed by atoms with Crippen LogP contribution in [0.25, 0.3) is 10.2 Å². The van der Waals surface area contributed by atoms with Crippen LogP contribution in [-0.2, 0) is 4.79 Å². The second-order valence-corrected chi connectivity index (χ2v) is 5.87. The van der Waals surface area contributed by atoms with Gasteiger partial charge in [0.15, 0.2) is 5.13 Å². The Morgan fingerprint density at radius 2 is 2.00 bits per heavy atom. The topological polar surface area (TPSA) is 54.0 Å². The Labute approximate surface area is 130 Å². The second kappa shape index (κ2) is 6.11. The molecular weight excluding hydrogens is 306 g/mol. The lowest BCUT2D eigenvalue weighted by Crippen LogP contribution is -2.21. The number of rotatable bonds is 4. The van der Waals surface area contributed by atoms with Crippen molar-refractivity contribution in [1.29, 1.82) is 0 Å². The fourth-order valence-corrected chi connectivity index (χ4v) is 3.01. The van der Waals surface area contributed by atoms with Crippen molar-refractivity contribution in [2.75, 3.05) is 17.2 Å². The maximum absolute atomic E-state index is 11.9. The predicted octanol–water partition coefficient (Wildman–Crippen LogP) is 4.00. The highest BCUT2D eigenvalue weighted by atomic mass is 35.5. The summed E-state index contributed by atoms with van der Waals surface area (Å²) in [7, 11) is 0. The highest BCUT2D eigenvalue weighted by Gasteiger charge is 2.08. The van der Waals surface area contributed by atoms with E-state index in [0.717, 1.165) is 15.9 Å². The van der Waals surface area contributed by atoms with E-state index in [4.69, 9.17) is 11.6 Å². The second-order valence-electron chi connectivity index (χ2n) is 4.40. The van der Waals surface area contributed by atoms with Gasteiger partial charge in [0.2, 0.25) is 5.91 Å². The molecule has 0 fully saturated rings. The number of nitrogens with one attached hydrogen (secondary N) is 2. The summed E-state index contributed by atoms with van der Waals surface area (Å²) in [4.78, 5) is 16.2. The van der Waals surface area contributed by atoms with Crippen LogP contribution < -0.4 is 10.6 Å². The lowest BCUT2D eigenvalue weighted by atomic mass is 10.3. The van der Waals surface area contributed by atoms with Crippen LogP contribution in [0.3, 0.4) is 0 Å². The molecule has 0 bridgehead atoms. The number of benzene rings is 2. The fraction of sp³-hybridized carbons (Fsp3) is 0.0667. The summed E-state index contributed by atoms with van der Waals surface area (Å²) in [5.41, 5.74) is 1.74. The van der Waals surface area contributed by atoms with Gasteiger partial charge < -0.3 is 10.6 Å². The molecular formula is C15H12ClN3OS. The van der Waals surface area contributed by atoms with Gasteiger partial charge in [-0.1, -0.05) is 41.1 Å². The Kier molecular flexibility index (Phi) is 4.03. The molecule has 21 heavy (non-hydrogen) atoms. The van der Waals surface area contributed by atoms with Crippen LogP contribution in [0.5, 0.6) is 0 Å². The van der Waals surface area contributed by atoms with E-state index in [1.165, 1.54) is 11.3 Å². The molecule has 3 rings (SSSR count). The number of nitrogens with zero attached hydrogens (tertiary/aromatic N) is 1. The summed E-state index contributed by atoms with van der Waals surface area (Å²) < 4.78 is 0.953. The van der Waals surface area contributed by atoms with Crippen LogP contribution in [-0.4, -0.2) is 17.4 Å². The predicted molar refractivity (Wildman–Crippen MR) is 88.2 cm³/mol. The van der Waals surface area contributed by atoms with Crippen molar-refractivity contribution in [3.63, 3.8) is 0 Å². The molecule has 2 aromatic carbocycles. The van der Waals surface area contributed by atoms with Crippen molar-refractivity contribution in [1.82, 2.24) is 4.98 Å². The van der Waals surface area contributed by atoms with Gasteiger partial charge >= 0.3 is 0 Å². The van der Waals surface area contributed by atoms with E-state index in [1.807, 2.05) is 42.5 Å². The summed E-state index contributed by atoms with van der Waals surface area (Å²) in [6, 6.07) is 15.0. The van der Waals surface area contributed by atoms with E-state index < -0.39 is 0 Å². The van der Waals surface area contributed by atoms with Crippen molar-refractivity contribution in [2.45, 2.75) is 0 Å². The number of amides is 1. The first kappa shape index (κ1) is 13.9. The normalized spacial score (nSPS) is 10.5. The van der Waals surface area contributed by atoms with Gasteiger partial charge in [0.05, 0.1) is 16.8 Å². The smallest absolute Gasteiger partial charge is 0.245 e. The third-order valence-corrected chi connectivity index (χ3v) is 3.99. The molecule has 0 radical (unpaired) electrons. The standard InChI is InChI=1S/C15H12ClN3OS/c16-10-6-7-12-13(8-10)21-15(18-12)19-14(20)9-17-11-4-2-1-3-5-11/h1-8,17H,9H2,(H,18,19,20). The molecule has 6 heteroatoms. The molecule has 0 spiro atoms. The number of carbonyl (C=O) groups is 1. The summed E-state index contributed by atoms with van der Waals surface area (Å²) in [6.45, 7) is 0.195. The first-order chi connectivity index (χ1) is 10.2. The Bertz CT molecular complexity index is 773. The molecule has 1 amide bonds. The largest absolute Gasteiger partial charge is 0.376 e. The lowest BCUT2D eigenvalue weighted by Gasteiger charge is -2.05. The zero-order valence-corrected chi connectivity index (χ0v) is 12.5. The molecule has 0 aliphatic carbocycles. The van der Waals surface area contributed by atoms with Crippen molar-refractivity contribution in [3.05, 3.63) is 53.6 Å². The molecule has 4 nitrogen and oxygen atoms in total. The highest BCUT2D eigenvalue weighted by Crippen LogP contribution is 2.28. The van der Waals surface area contributed by atoms with E-state index in [2.05, 4.69) is 15.6 Å². The number of fused-ring (bicyclic) bond motifs is 1. The average molecular weight is 318 g/mol. The number of anilines is 2. The average Bonchev–Trinajstić information content (AvgIpc) is 2.87.